The SMILES string of the molecule is CC[C@H]1OC(=O)[C@H](C)[C@@H](O[C@H]2C[C@@](C)(OC)[C@@H](O)[C@H](C)O2)[C@H](C)[C@@H](O[C@@H]2O[C@H](C)C[C@H](NC)[C@H]2O)[C@](C)(O)C[C@@H](C)CN(C)[C@H](C)[C@@H](O)[C@]1(C)O.CC[C@H]1OC(=O)[C@H](C)[C@@H](O[C@H]2C[C@@](C)(OC)[C@@H](O)[C@H](C)O2)[C@H](C)[C@@H](O[C@@H]2O[C@H](C)C[C@H](NC)[C@H]2O)[C@](C)(OC)C[C@@H](C)C(=O)[C@H](C)[C@@H](O)[C@]1(C)O. The van der Waals surface area contributed by atoms with Crippen molar-refractivity contribution >= 4 is 17.7 Å². The van der Waals surface area contributed by atoms with Crippen LogP contribution in [0.3, 0.4) is 0 Å². The number of aliphatic hydroxyl groups excluding tert-OH is 6. The highest BCUT2D eigenvalue weighted by molar-refractivity contribution is 5.83. The average Bonchev–Trinajstić information content (AvgIpc) is 0.937. The van der Waals surface area contributed by atoms with Crippen LogP contribution in [0, 0.1) is 41.4 Å². The normalized spacial score (nSPS) is 49.9. The number of carbonyl (C=O) groups excluding carboxylic acids is 3. The number of Topliss-reactive ketones (excluding diaryl/α,β-unsaturated/α-hetero) is 1. The van der Waals surface area contributed by atoms with E-state index >= 15 is 0 Å². The van der Waals surface area contributed by atoms with Crippen LogP contribution < -0.4 is 10.6 Å². The molecule has 0 aromatic rings. The number of ether oxygens (including phenoxy) is 13. The summed E-state index contributed by atoms with van der Waals surface area (Å²) in [4.78, 5) is 44.1. The zero-order valence-corrected chi connectivity index (χ0v) is 66.2. The molecule has 598 valence electrons. The minimum Gasteiger partial charge on any atom is -0.459 e. The van der Waals surface area contributed by atoms with E-state index in [2.05, 4.69) is 10.6 Å². The number of rotatable bonds is 15. The molecule has 6 fully saturated rings. The van der Waals surface area contributed by atoms with Gasteiger partial charge in [-0.3, -0.25) is 14.4 Å². The minimum atomic E-state index is -1.96. The van der Waals surface area contributed by atoms with E-state index in [1.54, 1.807) is 104 Å². The standard InChI is InChI=1S/C37H70N2O12.C37H67NO13/c1-14-26-37(10,45)30(41)23(6)39(12)18-19(2)16-35(8,44)32(51-34-28(40)25(38-11)15-20(3)47-34)21(4)29(22(5)33(43)49-26)50-27-17-36(9,46-13)31(42)24(7)48-27;1-14-25-37(10,44)30(41)20(4)27(39)18(2)16-36(9,46-13)32(51-34-28(40)24(38-11)15-19(3)47-34)21(5)29(22(6)33(43)49-25)50-26-17-35(8,45-12)31(42)23(7)48-26/h19-32,34,38,40-42,44-45H,14-18H2,1-13H3;18-26,28-32,34,38,40-42,44H,14-17H2,1-13H3/t19-,20-,21+,22-,23-,24+,25+,26-,27+,28-,29+,30-,31+,32-,34+,35-,36-,37-;18-,19-,20+,21+,22-,23+,24+,25-,26+,28-,29+,30-,31+,32-,34+,35-,36-,37-/m11/s1. The van der Waals surface area contributed by atoms with Gasteiger partial charge >= 0.3 is 11.9 Å². The maximum absolute atomic E-state index is 14.2. The van der Waals surface area contributed by atoms with Crippen molar-refractivity contribution in [2.45, 2.75) is 364 Å². The first-order valence-electron chi connectivity index (χ1n) is 37.3. The van der Waals surface area contributed by atoms with Crippen molar-refractivity contribution in [1.82, 2.24) is 15.5 Å². The third-order valence-corrected chi connectivity index (χ3v) is 24.0. The van der Waals surface area contributed by atoms with Crippen molar-refractivity contribution in [2.24, 2.45) is 41.4 Å². The van der Waals surface area contributed by atoms with Gasteiger partial charge in [0.15, 0.2) is 25.2 Å². The van der Waals surface area contributed by atoms with E-state index in [1.165, 1.54) is 35.2 Å². The number of nitrogens with one attached hydrogen (secondary N) is 2. The lowest BCUT2D eigenvalue weighted by Gasteiger charge is -2.49. The van der Waals surface area contributed by atoms with Crippen LogP contribution in [-0.2, 0) is 76.0 Å². The second-order valence-corrected chi connectivity index (χ2v) is 32.5. The van der Waals surface area contributed by atoms with Crippen molar-refractivity contribution in [3.63, 3.8) is 0 Å². The van der Waals surface area contributed by atoms with Crippen LogP contribution in [0.5, 0.6) is 0 Å². The third-order valence-electron chi connectivity index (χ3n) is 24.0. The van der Waals surface area contributed by atoms with E-state index in [0.29, 0.717) is 19.4 Å². The van der Waals surface area contributed by atoms with E-state index in [-0.39, 0.29) is 74.5 Å². The summed E-state index contributed by atoms with van der Waals surface area (Å²) >= 11 is 0. The lowest BCUT2D eigenvalue weighted by Crippen LogP contribution is -2.61. The molecule has 0 radical (unpaired) electrons. The van der Waals surface area contributed by atoms with Crippen LogP contribution in [0.1, 0.15) is 190 Å². The molecule has 6 aliphatic heterocycles. The van der Waals surface area contributed by atoms with Crippen LogP contribution in [-0.4, -0.2) is 292 Å². The summed E-state index contributed by atoms with van der Waals surface area (Å²) in [6, 6.07) is -1.19. The Labute approximate surface area is 607 Å². The molecule has 6 aliphatic rings. The Hall–Kier alpha value is -2.31. The third kappa shape index (κ3) is 20.6. The van der Waals surface area contributed by atoms with Gasteiger partial charge in [0, 0.05) is 82.5 Å². The fourth-order valence-corrected chi connectivity index (χ4v) is 16.9. The van der Waals surface area contributed by atoms with Crippen molar-refractivity contribution < 1.29 is 122 Å². The highest BCUT2D eigenvalue weighted by Gasteiger charge is 2.57. The Morgan fingerprint density at radius 3 is 1.26 bits per heavy atom. The highest BCUT2D eigenvalue weighted by atomic mass is 16.7. The van der Waals surface area contributed by atoms with E-state index < -0.39 is 198 Å². The molecule has 0 aromatic carbocycles. The van der Waals surface area contributed by atoms with E-state index in [0.717, 1.165) is 0 Å². The molecule has 0 bridgehead atoms. The van der Waals surface area contributed by atoms with Gasteiger partial charge in [-0.1, -0.05) is 48.5 Å². The van der Waals surface area contributed by atoms with Gasteiger partial charge in [-0.15, -0.1) is 0 Å². The lowest BCUT2D eigenvalue weighted by atomic mass is 9.74. The van der Waals surface area contributed by atoms with Crippen molar-refractivity contribution in [2.75, 3.05) is 49.0 Å². The number of aliphatic hydroxyl groups is 9. The molecule has 6 heterocycles. The maximum Gasteiger partial charge on any atom is 0.311 e. The number of cyclic esters (lactones) is 2. The predicted octanol–water partition coefficient (Wildman–Crippen LogP) is 3.66. The summed E-state index contributed by atoms with van der Waals surface area (Å²) in [5, 5.41) is 109. The predicted molar refractivity (Wildman–Crippen MR) is 376 cm³/mol. The summed E-state index contributed by atoms with van der Waals surface area (Å²) in [6.45, 7) is 35.0. The summed E-state index contributed by atoms with van der Waals surface area (Å²) in [7, 11) is 9.86. The smallest absolute Gasteiger partial charge is 0.311 e. The van der Waals surface area contributed by atoms with Gasteiger partial charge in [0.1, 0.15) is 59.7 Å². The van der Waals surface area contributed by atoms with E-state index in [9.17, 15) is 60.3 Å². The molecule has 11 N–H and O–H groups in total. The summed E-state index contributed by atoms with van der Waals surface area (Å²) in [6.07, 6.45) is -17.0. The van der Waals surface area contributed by atoms with Crippen molar-refractivity contribution in [3.8, 4) is 0 Å². The Morgan fingerprint density at radius 2 is 0.882 bits per heavy atom. The monoisotopic (exact) mass is 1470 g/mol. The zero-order valence-electron chi connectivity index (χ0n) is 66.2. The second-order valence-electron chi connectivity index (χ2n) is 32.5. The fraction of sp³-hybridized carbons (Fsp3) is 0.959. The maximum atomic E-state index is 14.2. The molecule has 28 nitrogen and oxygen atoms in total. The van der Waals surface area contributed by atoms with Gasteiger partial charge in [-0.2, -0.15) is 0 Å². The lowest BCUT2D eigenvalue weighted by molar-refractivity contribution is -0.317. The molecule has 0 saturated carbocycles. The Morgan fingerprint density at radius 1 is 0.500 bits per heavy atom. The van der Waals surface area contributed by atoms with Crippen LogP contribution in [0.25, 0.3) is 0 Å². The van der Waals surface area contributed by atoms with E-state index in [1.807, 2.05) is 46.6 Å². The van der Waals surface area contributed by atoms with Crippen LogP contribution in [0.2, 0.25) is 0 Å². The first-order chi connectivity index (χ1) is 47.1. The number of hydrogen-bond acceptors (Lipinski definition) is 28. The first kappa shape index (κ1) is 90.3. The topological polar surface area (TPSA) is 381 Å². The molecular formula is C74H137N3O25. The van der Waals surface area contributed by atoms with Gasteiger partial charge in [0.2, 0.25) is 0 Å². The molecule has 28 heteroatoms. The molecule has 0 spiro atoms. The van der Waals surface area contributed by atoms with Gasteiger partial charge in [-0.05, 0) is 156 Å². The number of carbonyl (C=O) groups is 3. The fourth-order valence-electron chi connectivity index (χ4n) is 16.9. The minimum absolute atomic E-state index is 0.109. The quantitative estimate of drug-likeness (QED) is 0.104. The van der Waals surface area contributed by atoms with Gasteiger partial charge in [0.25, 0.3) is 0 Å². The molecular weight excluding hydrogens is 1330 g/mol. The van der Waals surface area contributed by atoms with Crippen LogP contribution in [0.15, 0.2) is 0 Å². The van der Waals surface area contributed by atoms with Crippen LogP contribution >= 0.6 is 0 Å². The second kappa shape index (κ2) is 36.9. The van der Waals surface area contributed by atoms with Gasteiger partial charge < -0.3 is 123 Å². The number of hydrogen-bond donors (Lipinski definition) is 11. The highest BCUT2D eigenvalue weighted by Crippen LogP contribution is 2.44. The van der Waals surface area contributed by atoms with Gasteiger partial charge in [0.05, 0.1) is 89.2 Å². The zero-order chi connectivity index (χ0) is 77.6. The molecule has 102 heavy (non-hydrogen) atoms. The molecule has 36 atom stereocenters. The Balaban J connectivity index is 0.000000367. The number of methoxy groups -OCH3 is 3. The van der Waals surface area contributed by atoms with Crippen LogP contribution in [0.4, 0.5) is 0 Å². The van der Waals surface area contributed by atoms with Gasteiger partial charge in [-0.25, -0.2) is 0 Å². The van der Waals surface area contributed by atoms with E-state index in [4.69, 9.17) is 61.6 Å². The number of nitrogens with zero attached hydrogens (tertiary/aromatic N) is 1. The average molecular weight is 1470 g/mol. The number of likely N-dealkylation sites (N-methyl/N-ethyl adjacent to an activating group) is 3. The number of ketones is 1. The number of esters is 2. The van der Waals surface area contributed by atoms with Crippen molar-refractivity contribution in [1.29, 1.82) is 0 Å². The molecule has 0 aromatic heterocycles. The summed E-state index contributed by atoms with van der Waals surface area (Å²) in [5.41, 5.74) is -8.61. The first-order valence-corrected chi connectivity index (χ1v) is 37.3. The summed E-state index contributed by atoms with van der Waals surface area (Å²) < 4.78 is 81.0. The molecule has 0 unspecified atom stereocenters. The van der Waals surface area contributed by atoms with Crippen molar-refractivity contribution in [3.05, 3.63) is 0 Å². The summed E-state index contributed by atoms with van der Waals surface area (Å²) in [5.74, 6) is -7.06. The molecule has 6 rings (SSSR count). The largest absolute Gasteiger partial charge is 0.459 e. The Bertz CT molecular complexity index is 2610. The Kier molecular flexibility index (Phi) is 32.7. The molecule has 0 aliphatic carbocycles. The molecule has 6 saturated heterocycles. The molecule has 0 amide bonds.